The highest BCUT2D eigenvalue weighted by Gasteiger charge is 2.25. The fraction of sp³-hybridized carbons (Fsp3) is 0.444. The van der Waals surface area contributed by atoms with E-state index in [1.54, 1.807) is 39.2 Å². The van der Waals surface area contributed by atoms with Gasteiger partial charge >= 0.3 is 0 Å². The van der Waals surface area contributed by atoms with Crippen molar-refractivity contribution in [3.63, 3.8) is 0 Å². The first kappa shape index (κ1) is 10.6. The predicted molar refractivity (Wildman–Crippen MR) is 53.8 cm³/mol. The van der Waals surface area contributed by atoms with Gasteiger partial charge in [-0.2, -0.15) is 5.10 Å². The second-order valence-electron chi connectivity index (χ2n) is 3.44. The molecule has 1 rings (SSSR count). The first-order chi connectivity index (χ1) is 6.56. The summed E-state index contributed by atoms with van der Waals surface area (Å²) in [6.07, 6.45) is 1.55. The van der Waals surface area contributed by atoms with Crippen LogP contribution in [0, 0.1) is 0 Å². The van der Waals surface area contributed by atoms with Crippen LogP contribution in [0.3, 0.4) is 0 Å². The van der Waals surface area contributed by atoms with E-state index in [1.165, 1.54) is 0 Å². The molecule has 0 bridgehead atoms. The van der Waals surface area contributed by atoms with E-state index in [4.69, 9.17) is 0 Å². The lowest BCUT2D eigenvalue weighted by molar-refractivity contribution is -0.121. The number of nitrogens with zero attached hydrogens (tertiary/aromatic N) is 2. The molecule has 1 heterocycles. The molecule has 2 N–H and O–H groups in total. The number of nitrogens with one attached hydrogen (secondary N) is 2. The minimum atomic E-state index is -0.614. The monoisotopic (exact) mass is 194 g/mol. The van der Waals surface area contributed by atoms with Gasteiger partial charge in [0.15, 0.2) is 5.82 Å². The molecule has 5 nitrogen and oxygen atoms in total. The molecule has 1 aromatic rings. The van der Waals surface area contributed by atoms with E-state index in [9.17, 15) is 4.79 Å². The molecule has 0 aromatic carbocycles. The summed E-state index contributed by atoms with van der Waals surface area (Å²) in [6, 6.07) is 3.41. The van der Waals surface area contributed by atoms with Crippen molar-refractivity contribution in [3.05, 3.63) is 18.3 Å². The second kappa shape index (κ2) is 4.15. The van der Waals surface area contributed by atoms with Crippen molar-refractivity contribution in [2.45, 2.75) is 19.4 Å². The fourth-order valence-corrected chi connectivity index (χ4v) is 0.754. The van der Waals surface area contributed by atoms with Crippen LogP contribution in [0.25, 0.3) is 0 Å². The SMILES string of the molecule is CNC(C)(C)C(=O)Nc1cccnn1. The van der Waals surface area contributed by atoms with Gasteiger partial charge < -0.3 is 10.6 Å². The minimum Gasteiger partial charge on any atom is -0.308 e. The average Bonchev–Trinajstić information content (AvgIpc) is 2.19. The van der Waals surface area contributed by atoms with Gasteiger partial charge in [-0.05, 0) is 33.0 Å². The van der Waals surface area contributed by atoms with E-state index in [1.807, 2.05) is 0 Å². The molecule has 1 aromatic heterocycles. The number of amides is 1. The first-order valence-electron chi connectivity index (χ1n) is 4.34. The van der Waals surface area contributed by atoms with E-state index in [0.717, 1.165) is 0 Å². The van der Waals surface area contributed by atoms with Crippen LogP contribution in [-0.2, 0) is 4.79 Å². The van der Waals surface area contributed by atoms with Crippen LogP contribution in [0.1, 0.15) is 13.8 Å². The van der Waals surface area contributed by atoms with Gasteiger partial charge in [-0.25, -0.2) is 0 Å². The number of rotatable bonds is 3. The molecule has 0 spiro atoms. The minimum absolute atomic E-state index is 0.138. The zero-order valence-corrected chi connectivity index (χ0v) is 8.53. The van der Waals surface area contributed by atoms with Gasteiger partial charge in [0, 0.05) is 6.20 Å². The maximum absolute atomic E-state index is 11.6. The van der Waals surface area contributed by atoms with E-state index < -0.39 is 5.54 Å². The van der Waals surface area contributed by atoms with Crippen LogP contribution in [-0.4, -0.2) is 28.7 Å². The normalized spacial score (nSPS) is 11.1. The fourth-order valence-electron chi connectivity index (χ4n) is 0.754. The molecule has 0 aliphatic carbocycles. The van der Waals surface area contributed by atoms with Gasteiger partial charge in [-0.15, -0.1) is 5.10 Å². The van der Waals surface area contributed by atoms with Crippen molar-refractivity contribution < 1.29 is 4.79 Å². The average molecular weight is 194 g/mol. The summed E-state index contributed by atoms with van der Waals surface area (Å²) in [4.78, 5) is 11.6. The van der Waals surface area contributed by atoms with Gasteiger partial charge in [-0.1, -0.05) is 0 Å². The first-order valence-corrected chi connectivity index (χ1v) is 4.34. The molecule has 0 aliphatic rings. The summed E-state index contributed by atoms with van der Waals surface area (Å²) in [5, 5.41) is 13.0. The predicted octanol–water partition coefficient (Wildman–Crippen LogP) is 0.413. The van der Waals surface area contributed by atoms with Gasteiger partial charge in [0.05, 0.1) is 5.54 Å². The zero-order valence-electron chi connectivity index (χ0n) is 8.53. The number of aromatic nitrogens is 2. The molecule has 0 fully saturated rings. The third-order valence-electron chi connectivity index (χ3n) is 2.01. The lowest BCUT2D eigenvalue weighted by Gasteiger charge is -2.22. The maximum atomic E-state index is 11.6. The molecule has 0 unspecified atom stereocenters. The Morgan fingerprint density at radius 2 is 2.21 bits per heavy atom. The largest absolute Gasteiger partial charge is 0.308 e. The van der Waals surface area contributed by atoms with Crippen molar-refractivity contribution in [2.24, 2.45) is 0 Å². The third kappa shape index (κ3) is 2.50. The Kier molecular flexibility index (Phi) is 3.14. The van der Waals surface area contributed by atoms with Crippen LogP contribution >= 0.6 is 0 Å². The number of hydrogen-bond donors (Lipinski definition) is 2. The second-order valence-corrected chi connectivity index (χ2v) is 3.44. The molecule has 5 heteroatoms. The molecule has 0 atom stereocenters. The Labute approximate surface area is 82.9 Å². The standard InChI is InChI=1S/C9H14N4O/c1-9(2,10-3)8(14)12-7-5-4-6-11-13-7/h4-6,10H,1-3H3,(H,12,13,14). The highest BCUT2D eigenvalue weighted by molar-refractivity contribution is 5.96. The van der Waals surface area contributed by atoms with Crippen LogP contribution in [0.4, 0.5) is 5.82 Å². The van der Waals surface area contributed by atoms with Gasteiger partial charge in [-0.3, -0.25) is 4.79 Å². The van der Waals surface area contributed by atoms with Crippen molar-refractivity contribution >= 4 is 11.7 Å². The van der Waals surface area contributed by atoms with Crippen molar-refractivity contribution in [1.29, 1.82) is 0 Å². The molecular formula is C9H14N4O. The third-order valence-corrected chi connectivity index (χ3v) is 2.01. The van der Waals surface area contributed by atoms with Crippen LogP contribution < -0.4 is 10.6 Å². The van der Waals surface area contributed by atoms with Crippen molar-refractivity contribution in [1.82, 2.24) is 15.5 Å². The molecule has 0 radical (unpaired) electrons. The summed E-state index contributed by atoms with van der Waals surface area (Å²) in [5.41, 5.74) is -0.614. The highest BCUT2D eigenvalue weighted by Crippen LogP contribution is 2.06. The number of carbonyl (C=O) groups is 1. The summed E-state index contributed by atoms with van der Waals surface area (Å²) >= 11 is 0. The molecule has 14 heavy (non-hydrogen) atoms. The summed E-state index contributed by atoms with van der Waals surface area (Å²) in [5.74, 6) is 0.321. The Bertz CT molecular complexity index is 310. The number of anilines is 1. The smallest absolute Gasteiger partial charge is 0.245 e. The van der Waals surface area contributed by atoms with E-state index in [0.29, 0.717) is 5.82 Å². The highest BCUT2D eigenvalue weighted by atomic mass is 16.2. The summed E-state index contributed by atoms with van der Waals surface area (Å²) < 4.78 is 0. The van der Waals surface area contributed by atoms with Crippen molar-refractivity contribution in [2.75, 3.05) is 12.4 Å². The molecule has 0 saturated heterocycles. The van der Waals surface area contributed by atoms with Crippen LogP contribution in [0.2, 0.25) is 0 Å². The summed E-state index contributed by atoms with van der Waals surface area (Å²) in [7, 11) is 1.73. The van der Waals surface area contributed by atoms with Gasteiger partial charge in [0.25, 0.3) is 0 Å². The van der Waals surface area contributed by atoms with Crippen LogP contribution in [0.15, 0.2) is 18.3 Å². The van der Waals surface area contributed by atoms with E-state index >= 15 is 0 Å². The van der Waals surface area contributed by atoms with E-state index in [-0.39, 0.29) is 5.91 Å². The topological polar surface area (TPSA) is 66.9 Å². The number of likely N-dealkylation sites (N-methyl/N-ethyl adjacent to an activating group) is 1. The van der Waals surface area contributed by atoms with Crippen molar-refractivity contribution in [3.8, 4) is 0 Å². The summed E-state index contributed by atoms with van der Waals surface area (Å²) in [6.45, 7) is 3.58. The van der Waals surface area contributed by atoms with Crippen LogP contribution in [0.5, 0.6) is 0 Å². The number of carbonyl (C=O) groups excluding carboxylic acids is 1. The molecule has 0 aliphatic heterocycles. The molecule has 76 valence electrons. The molecule has 1 amide bonds. The maximum Gasteiger partial charge on any atom is 0.245 e. The quantitative estimate of drug-likeness (QED) is 0.731. The Hall–Kier alpha value is -1.49. The lowest BCUT2D eigenvalue weighted by atomic mass is 10.1. The Morgan fingerprint density at radius 1 is 1.50 bits per heavy atom. The number of hydrogen-bond acceptors (Lipinski definition) is 4. The van der Waals surface area contributed by atoms with Gasteiger partial charge in [0.2, 0.25) is 5.91 Å². The van der Waals surface area contributed by atoms with Gasteiger partial charge in [0.1, 0.15) is 0 Å². The molecule has 0 saturated carbocycles. The van der Waals surface area contributed by atoms with E-state index in [2.05, 4.69) is 20.8 Å². The lowest BCUT2D eigenvalue weighted by Crippen LogP contribution is -2.48. The Balaban J connectivity index is 2.67. The zero-order chi connectivity index (χ0) is 10.6. The Morgan fingerprint density at radius 3 is 2.71 bits per heavy atom. The molecular weight excluding hydrogens is 180 g/mol.